The lowest BCUT2D eigenvalue weighted by Gasteiger charge is -2.12. The maximum atomic E-state index is 12.4. The second kappa shape index (κ2) is 6.13. The molecule has 0 aliphatic carbocycles. The molecule has 2 nitrogen and oxygen atoms in total. The zero-order valence-electron chi connectivity index (χ0n) is 10.4. The lowest BCUT2D eigenvalue weighted by molar-refractivity contribution is -0.137. The lowest BCUT2D eigenvalue weighted by Crippen LogP contribution is -2.10. The Kier molecular flexibility index (Phi) is 4.49. The molecule has 0 spiro atoms. The molecule has 0 fully saturated rings. The SMILES string of the molecule is FC(F)(F)c1ccc(NCC(Cl)c2ccccc2)nc1. The number of halogens is 4. The van der Waals surface area contributed by atoms with Crippen molar-refractivity contribution in [1.29, 1.82) is 0 Å². The molecule has 0 radical (unpaired) electrons. The first-order chi connectivity index (χ1) is 9.47. The van der Waals surface area contributed by atoms with Gasteiger partial charge in [0.15, 0.2) is 0 Å². The quantitative estimate of drug-likeness (QED) is 0.841. The van der Waals surface area contributed by atoms with E-state index in [9.17, 15) is 13.2 Å². The Morgan fingerprint density at radius 1 is 1.10 bits per heavy atom. The number of anilines is 1. The molecule has 1 aromatic carbocycles. The summed E-state index contributed by atoms with van der Waals surface area (Å²) in [6.07, 6.45) is -3.57. The Hall–Kier alpha value is -1.75. The van der Waals surface area contributed by atoms with Crippen LogP contribution in [-0.4, -0.2) is 11.5 Å². The van der Waals surface area contributed by atoms with Gasteiger partial charge < -0.3 is 5.32 Å². The fourth-order valence-corrected chi connectivity index (χ4v) is 1.86. The summed E-state index contributed by atoms with van der Waals surface area (Å²) in [5, 5.41) is 2.63. The number of aromatic nitrogens is 1. The Morgan fingerprint density at radius 2 is 1.80 bits per heavy atom. The summed E-state index contributed by atoms with van der Waals surface area (Å²) in [7, 11) is 0. The van der Waals surface area contributed by atoms with Gasteiger partial charge >= 0.3 is 6.18 Å². The van der Waals surface area contributed by atoms with Crippen LogP contribution in [0.3, 0.4) is 0 Å². The Labute approximate surface area is 119 Å². The largest absolute Gasteiger partial charge is 0.417 e. The lowest BCUT2D eigenvalue weighted by atomic mass is 10.1. The van der Waals surface area contributed by atoms with Gasteiger partial charge in [0.05, 0.1) is 10.9 Å². The number of alkyl halides is 4. The molecule has 1 N–H and O–H groups in total. The number of benzene rings is 1. The predicted molar refractivity (Wildman–Crippen MR) is 72.8 cm³/mol. The number of nitrogens with zero attached hydrogens (tertiary/aromatic N) is 1. The fourth-order valence-electron chi connectivity index (χ4n) is 1.64. The van der Waals surface area contributed by atoms with Gasteiger partial charge in [-0.25, -0.2) is 4.98 Å². The zero-order chi connectivity index (χ0) is 14.6. The third-order valence-electron chi connectivity index (χ3n) is 2.71. The molecule has 2 aromatic rings. The molecule has 1 atom stereocenters. The summed E-state index contributed by atoms with van der Waals surface area (Å²) in [5.41, 5.74) is 0.169. The van der Waals surface area contributed by atoms with Gasteiger partial charge in [0.2, 0.25) is 0 Å². The molecule has 106 valence electrons. The van der Waals surface area contributed by atoms with Crippen LogP contribution in [0.25, 0.3) is 0 Å². The number of nitrogens with one attached hydrogen (secondary N) is 1. The highest BCUT2D eigenvalue weighted by atomic mass is 35.5. The van der Waals surface area contributed by atoms with Crippen LogP contribution in [0.15, 0.2) is 48.7 Å². The minimum absolute atomic E-state index is 0.278. The van der Waals surface area contributed by atoms with E-state index < -0.39 is 11.7 Å². The first kappa shape index (κ1) is 14.7. The minimum Gasteiger partial charge on any atom is -0.368 e. The normalized spacial score (nSPS) is 13.0. The van der Waals surface area contributed by atoms with E-state index in [0.717, 1.165) is 17.8 Å². The third-order valence-corrected chi connectivity index (χ3v) is 3.12. The molecule has 1 aromatic heterocycles. The average Bonchev–Trinajstić information content (AvgIpc) is 2.45. The Bertz CT molecular complexity index is 541. The van der Waals surface area contributed by atoms with Crippen molar-refractivity contribution in [1.82, 2.24) is 4.98 Å². The van der Waals surface area contributed by atoms with E-state index in [1.165, 1.54) is 6.07 Å². The summed E-state index contributed by atoms with van der Waals surface area (Å²) in [6, 6.07) is 11.7. The molecule has 0 aliphatic rings. The van der Waals surface area contributed by atoms with E-state index in [1.807, 2.05) is 30.3 Å². The van der Waals surface area contributed by atoms with Crippen LogP contribution in [0.2, 0.25) is 0 Å². The van der Waals surface area contributed by atoms with E-state index >= 15 is 0 Å². The molecular weight excluding hydrogens is 289 g/mol. The van der Waals surface area contributed by atoms with Gasteiger partial charge in [-0.15, -0.1) is 11.6 Å². The molecule has 1 heterocycles. The first-order valence-electron chi connectivity index (χ1n) is 5.93. The monoisotopic (exact) mass is 300 g/mol. The van der Waals surface area contributed by atoms with Crippen molar-refractivity contribution >= 4 is 17.4 Å². The second-order valence-corrected chi connectivity index (χ2v) is 4.72. The molecule has 0 aliphatic heterocycles. The van der Waals surface area contributed by atoms with Gasteiger partial charge in [-0.3, -0.25) is 0 Å². The van der Waals surface area contributed by atoms with Crippen molar-refractivity contribution in [3.63, 3.8) is 0 Å². The van der Waals surface area contributed by atoms with E-state index in [1.54, 1.807) is 0 Å². The minimum atomic E-state index is -4.37. The van der Waals surface area contributed by atoms with E-state index in [0.29, 0.717) is 12.4 Å². The van der Waals surface area contributed by atoms with Crippen LogP contribution in [-0.2, 0) is 6.18 Å². The van der Waals surface area contributed by atoms with Crippen LogP contribution in [0.5, 0.6) is 0 Å². The molecule has 0 amide bonds. The molecule has 2 rings (SSSR count). The van der Waals surface area contributed by atoms with Gasteiger partial charge in [0.25, 0.3) is 0 Å². The highest BCUT2D eigenvalue weighted by Crippen LogP contribution is 2.29. The maximum Gasteiger partial charge on any atom is 0.417 e. The fraction of sp³-hybridized carbons (Fsp3) is 0.214. The number of hydrogen-bond donors (Lipinski definition) is 1. The van der Waals surface area contributed by atoms with Gasteiger partial charge in [-0.2, -0.15) is 13.2 Å². The Morgan fingerprint density at radius 3 is 2.35 bits per heavy atom. The number of pyridine rings is 1. The summed E-state index contributed by atoms with van der Waals surface area (Å²) < 4.78 is 37.1. The van der Waals surface area contributed by atoms with Crippen LogP contribution < -0.4 is 5.32 Å². The third kappa shape index (κ3) is 3.87. The number of hydrogen-bond acceptors (Lipinski definition) is 2. The standard InChI is InChI=1S/C14H12ClF3N2/c15-12(10-4-2-1-3-5-10)9-20-13-7-6-11(8-19-13)14(16,17)18/h1-8,12H,9H2,(H,19,20). The van der Waals surface area contributed by atoms with Crippen LogP contribution >= 0.6 is 11.6 Å². The van der Waals surface area contributed by atoms with Gasteiger partial charge in [-0.1, -0.05) is 30.3 Å². The number of rotatable bonds is 4. The first-order valence-corrected chi connectivity index (χ1v) is 6.36. The van der Waals surface area contributed by atoms with Crippen LogP contribution in [0.4, 0.5) is 19.0 Å². The van der Waals surface area contributed by atoms with E-state index in [2.05, 4.69) is 10.3 Å². The molecule has 0 bridgehead atoms. The van der Waals surface area contributed by atoms with Crippen molar-refractivity contribution in [2.24, 2.45) is 0 Å². The van der Waals surface area contributed by atoms with Gasteiger partial charge in [0.1, 0.15) is 5.82 Å². The molecule has 0 saturated carbocycles. The van der Waals surface area contributed by atoms with Crippen LogP contribution in [0, 0.1) is 0 Å². The van der Waals surface area contributed by atoms with Crippen molar-refractivity contribution < 1.29 is 13.2 Å². The average molecular weight is 301 g/mol. The van der Waals surface area contributed by atoms with Crippen molar-refractivity contribution in [3.8, 4) is 0 Å². The van der Waals surface area contributed by atoms with Gasteiger partial charge in [-0.05, 0) is 17.7 Å². The van der Waals surface area contributed by atoms with Gasteiger partial charge in [0, 0.05) is 12.7 Å². The van der Waals surface area contributed by atoms with Crippen molar-refractivity contribution in [3.05, 3.63) is 59.8 Å². The summed E-state index contributed by atoms with van der Waals surface area (Å²) in [4.78, 5) is 3.72. The zero-order valence-corrected chi connectivity index (χ0v) is 11.1. The Balaban J connectivity index is 1.94. The molecule has 1 unspecified atom stereocenters. The highest BCUT2D eigenvalue weighted by molar-refractivity contribution is 6.21. The van der Waals surface area contributed by atoms with Crippen molar-refractivity contribution in [2.45, 2.75) is 11.6 Å². The molecule has 0 saturated heterocycles. The van der Waals surface area contributed by atoms with Crippen LogP contribution in [0.1, 0.15) is 16.5 Å². The molecular formula is C14H12ClF3N2. The molecule has 6 heteroatoms. The highest BCUT2D eigenvalue weighted by Gasteiger charge is 2.30. The van der Waals surface area contributed by atoms with E-state index in [-0.39, 0.29) is 5.38 Å². The van der Waals surface area contributed by atoms with E-state index in [4.69, 9.17) is 11.6 Å². The second-order valence-electron chi connectivity index (χ2n) is 4.19. The topological polar surface area (TPSA) is 24.9 Å². The maximum absolute atomic E-state index is 12.4. The van der Waals surface area contributed by atoms with Crippen molar-refractivity contribution in [2.75, 3.05) is 11.9 Å². The summed E-state index contributed by atoms with van der Waals surface area (Å²) in [6.45, 7) is 0.379. The predicted octanol–water partition coefficient (Wildman–Crippen LogP) is 4.49. The summed E-state index contributed by atoms with van der Waals surface area (Å²) in [5.74, 6) is 0.361. The molecule has 20 heavy (non-hydrogen) atoms. The summed E-state index contributed by atoms with van der Waals surface area (Å²) >= 11 is 6.19. The smallest absolute Gasteiger partial charge is 0.368 e.